The van der Waals surface area contributed by atoms with E-state index in [1.165, 1.54) is 20.1 Å². The van der Waals surface area contributed by atoms with Crippen LogP contribution in [-0.4, -0.2) is 38.2 Å². The standard InChI is InChI=1S/C20H21NO6/c1-14(22)16-9-6-10-17(13-16)27-19(23)18(15-7-4-3-5-8-15)21-20(24)26-12-11-25-2/h3-10,13,18H,11-12H2,1-2H3,(H,21,24). The van der Waals surface area contributed by atoms with Crippen molar-refractivity contribution in [3.8, 4) is 5.75 Å². The van der Waals surface area contributed by atoms with Crippen molar-refractivity contribution in [2.45, 2.75) is 13.0 Å². The quantitative estimate of drug-likeness (QED) is 0.332. The van der Waals surface area contributed by atoms with Crippen LogP contribution in [0.25, 0.3) is 0 Å². The molecule has 0 heterocycles. The van der Waals surface area contributed by atoms with Gasteiger partial charge in [-0.15, -0.1) is 0 Å². The van der Waals surface area contributed by atoms with Crippen molar-refractivity contribution in [1.82, 2.24) is 5.32 Å². The summed E-state index contributed by atoms with van der Waals surface area (Å²) in [6.07, 6.45) is -0.768. The SMILES string of the molecule is COCCOC(=O)NC(C(=O)Oc1cccc(C(C)=O)c1)c1ccccc1. The molecule has 2 aromatic rings. The molecule has 0 bridgehead atoms. The van der Waals surface area contributed by atoms with E-state index in [2.05, 4.69) is 5.32 Å². The lowest BCUT2D eigenvalue weighted by Crippen LogP contribution is -2.36. The predicted molar refractivity (Wildman–Crippen MR) is 97.6 cm³/mol. The van der Waals surface area contributed by atoms with Gasteiger partial charge in [0.2, 0.25) is 0 Å². The van der Waals surface area contributed by atoms with Crippen LogP contribution in [0, 0.1) is 0 Å². The number of ketones is 1. The molecule has 2 rings (SSSR count). The average Bonchev–Trinajstić information content (AvgIpc) is 2.67. The number of nitrogens with one attached hydrogen (secondary N) is 1. The summed E-state index contributed by atoms with van der Waals surface area (Å²) >= 11 is 0. The number of benzene rings is 2. The van der Waals surface area contributed by atoms with Gasteiger partial charge < -0.3 is 19.5 Å². The van der Waals surface area contributed by atoms with Crippen LogP contribution in [0.5, 0.6) is 5.75 Å². The molecule has 1 N–H and O–H groups in total. The molecule has 1 amide bonds. The van der Waals surface area contributed by atoms with Gasteiger partial charge in [0, 0.05) is 12.7 Å². The van der Waals surface area contributed by atoms with Crippen molar-refractivity contribution in [2.75, 3.05) is 20.3 Å². The molecule has 142 valence electrons. The van der Waals surface area contributed by atoms with Crippen molar-refractivity contribution in [1.29, 1.82) is 0 Å². The molecule has 1 unspecified atom stereocenters. The van der Waals surface area contributed by atoms with Gasteiger partial charge >= 0.3 is 12.1 Å². The fourth-order valence-corrected chi connectivity index (χ4v) is 2.25. The second-order valence-electron chi connectivity index (χ2n) is 5.62. The largest absolute Gasteiger partial charge is 0.447 e. The van der Waals surface area contributed by atoms with Crippen LogP contribution in [0.3, 0.4) is 0 Å². The minimum Gasteiger partial charge on any atom is -0.447 e. The van der Waals surface area contributed by atoms with Crippen LogP contribution in [-0.2, 0) is 14.3 Å². The lowest BCUT2D eigenvalue weighted by molar-refractivity contribution is -0.136. The number of hydrogen-bond donors (Lipinski definition) is 1. The Hall–Kier alpha value is -3.19. The smallest absolute Gasteiger partial charge is 0.408 e. The first-order valence-electron chi connectivity index (χ1n) is 8.31. The normalized spacial score (nSPS) is 11.3. The molecule has 0 saturated carbocycles. The second kappa shape index (κ2) is 10.1. The van der Waals surface area contributed by atoms with Crippen molar-refractivity contribution in [3.05, 3.63) is 65.7 Å². The number of carbonyl (C=O) groups excluding carboxylic acids is 3. The van der Waals surface area contributed by atoms with E-state index in [1.807, 2.05) is 0 Å². The topological polar surface area (TPSA) is 90.9 Å². The molecule has 0 fully saturated rings. The highest BCUT2D eigenvalue weighted by molar-refractivity contribution is 5.94. The van der Waals surface area contributed by atoms with Crippen LogP contribution in [0.2, 0.25) is 0 Å². The summed E-state index contributed by atoms with van der Waals surface area (Å²) in [6.45, 7) is 1.72. The Balaban J connectivity index is 2.15. The summed E-state index contributed by atoms with van der Waals surface area (Å²) in [7, 11) is 1.49. The van der Waals surface area contributed by atoms with E-state index in [0.717, 1.165) is 0 Å². The summed E-state index contributed by atoms with van der Waals surface area (Å²) in [4.78, 5) is 36.1. The van der Waals surface area contributed by atoms with Crippen molar-refractivity contribution in [2.24, 2.45) is 0 Å². The Morgan fingerprint density at radius 1 is 1.00 bits per heavy atom. The van der Waals surface area contributed by atoms with Gasteiger partial charge in [0.05, 0.1) is 6.61 Å². The Morgan fingerprint density at radius 3 is 2.41 bits per heavy atom. The molecule has 0 aliphatic carbocycles. The zero-order valence-corrected chi connectivity index (χ0v) is 15.1. The van der Waals surface area contributed by atoms with Gasteiger partial charge in [-0.05, 0) is 24.6 Å². The third-order valence-electron chi connectivity index (χ3n) is 3.61. The predicted octanol–water partition coefficient (Wildman–Crippen LogP) is 2.91. The molecular formula is C20H21NO6. The molecule has 0 aliphatic rings. The van der Waals surface area contributed by atoms with E-state index in [0.29, 0.717) is 11.1 Å². The molecule has 27 heavy (non-hydrogen) atoms. The number of amides is 1. The van der Waals surface area contributed by atoms with Gasteiger partial charge in [-0.2, -0.15) is 0 Å². The highest BCUT2D eigenvalue weighted by Crippen LogP contribution is 2.19. The second-order valence-corrected chi connectivity index (χ2v) is 5.62. The molecule has 1 atom stereocenters. The first kappa shape index (κ1) is 20.1. The molecule has 0 aliphatic heterocycles. The fourth-order valence-electron chi connectivity index (χ4n) is 2.25. The van der Waals surface area contributed by atoms with Crippen LogP contribution in [0.15, 0.2) is 54.6 Å². The van der Waals surface area contributed by atoms with Gasteiger partial charge in [0.25, 0.3) is 0 Å². The zero-order valence-electron chi connectivity index (χ0n) is 15.1. The van der Waals surface area contributed by atoms with E-state index in [4.69, 9.17) is 14.2 Å². The lowest BCUT2D eigenvalue weighted by Gasteiger charge is -2.18. The number of carbonyl (C=O) groups is 3. The molecular weight excluding hydrogens is 350 g/mol. The van der Waals surface area contributed by atoms with Crippen molar-refractivity contribution in [3.63, 3.8) is 0 Å². The Morgan fingerprint density at radius 2 is 1.74 bits per heavy atom. The number of rotatable bonds is 8. The molecule has 0 spiro atoms. The number of ether oxygens (including phenoxy) is 3. The molecule has 7 nitrogen and oxygen atoms in total. The fraction of sp³-hybridized carbons (Fsp3) is 0.250. The summed E-state index contributed by atoms with van der Waals surface area (Å²) in [6, 6.07) is 13.8. The maximum atomic E-state index is 12.7. The number of hydrogen-bond acceptors (Lipinski definition) is 6. The highest BCUT2D eigenvalue weighted by Gasteiger charge is 2.25. The molecule has 7 heteroatoms. The van der Waals surface area contributed by atoms with Gasteiger partial charge in [-0.25, -0.2) is 9.59 Å². The van der Waals surface area contributed by atoms with Gasteiger partial charge in [-0.3, -0.25) is 4.79 Å². The summed E-state index contributed by atoms with van der Waals surface area (Å²) in [5.74, 6) is -0.638. The molecule has 0 saturated heterocycles. The Kier molecular flexibility index (Phi) is 7.51. The Bertz CT molecular complexity index is 790. The minimum atomic E-state index is -1.07. The minimum absolute atomic E-state index is 0.0551. The van der Waals surface area contributed by atoms with E-state index in [9.17, 15) is 14.4 Å². The number of Topliss-reactive ketones (excluding diaryl/α,β-unsaturated/α-hetero) is 1. The summed E-state index contributed by atoms with van der Waals surface area (Å²) in [5, 5.41) is 2.49. The Labute approximate surface area is 157 Å². The molecule has 0 aromatic heterocycles. The number of esters is 1. The van der Waals surface area contributed by atoms with Crippen molar-refractivity contribution >= 4 is 17.8 Å². The van der Waals surface area contributed by atoms with E-state index in [-0.39, 0.29) is 24.7 Å². The summed E-state index contributed by atoms with van der Waals surface area (Å²) < 4.78 is 15.1. The van der Waals surface area contributed by atoms with Crippen LogP contribution < -0.4 is 10.1 Å². The lowest BCUT2D eigenvalue weighted by atomic mass is 10.1. The molecule has 2 aromatic carbocycles. The first-order valence-corrected chi connectivity index (χ1v) is 8.31. The van der Waals surface area contributed by atoms with Crippen molar-refractivity contribution < 1.29 is 28.6 Å². The van der Waals surface area contributed by atoms with E-state index in [1.54, 1.807) is 48.5 Å². The van der Waals surface area contributed by atoms with Gasteiger partial charge in [0.1, 0.15) is 12.4 Å². The highest BCUT2D eigenvalue weighted by atomic mass is 16.6. The number of alkyl carbamates (subject to hydrolysis) is 1. The van der Waals surface area contributed by atoms with Crippen LogP contribution >= 0.6 is 0 Å². The number of methoxy groups -OCH3 is 1. The third kappa shape index (κ3) is 6.23. The third-order valence-corrected chi connectivity index (χ3v) is 3.61. The molecule has 0 radical (unpaired) electrons. The van der Waals surface area contributed by atoms with Crippen LogP contribution in [0.1, 0.15) is 28.9 Å². The van der Waals surface area contributed by atoms with Gasteiger partial charge in [0.15, 0.2) is 11.8 Å². The average molecular weight is 371 g/mol. The summed E-state index contributed by atoms with van der Waals surface area (Å²) in [5.41, 5.74) is 0.956. The maximum Gasteiger partial charge on any atom is 0.408 e. The van der Waals surface area contributed by atoms with E-state index >= 15 is 0 Å². The van der Waals surface area contributed by atoms with Crippen LogP contribution in [0.4, 0.5) is 4.79 Å². The van der Waals surface area contributed by atoms with Gasteiger partial charge in [-0.1, -0.05) is 42.5 Å². The van der Waals surface area contributed by atoms with E-state index < -0.39 is 18.1 Å². The zero-order chi connectivity index (χ0) is 19.6. The monoisotopic (exact) mass is 371 g/mol. The first-order chi connectivity index (χ1) is 13.0. The maximum absolute atomic E-state index is 12.7.